The lowest BCUT2D eigenvalue weighted by Gasteiger charge is -2.42. The lowest BCUT2D eigenvalue weighted by Crippen LogP contribution is -2.33. The summed E-state index contributed by atoms with van der Waals surface area (Å²) < 4.78 is 0. The molecule has 0 bridgehead atoms. The number of benzene rings is 1. The van der Waals surface area contributed by atoms with E-state index < -0.39 is 0 Å². The topological polar surface area (TPSA) is 26.0 Å². The van der Waals surface area contributed by atoms with Crippen molar-refractivity contribution in [3.63, 3.8) is 0 Å². The molecule has 19 heavy (non-hydrogen) atoms. The minimum Gasteiger partial charge on any atom is -0.330 e. The molecule has 2 rings (SSSR count). The second kappa shape index (κ2) is 5.85. The summed E-state index contributed by atoms with van der Waals surface area (Å²) in [6.07, 6.45) is 3.83. The summed E-state index contributed by atoms with van der Waals surface area (Å²) in [7, 11) is 0. The van der Waals surface area contributed by atoms with Gasteiger partial charge >= 0.3 is 0 Å². The third-order valence-electron chi connectivity index (χ3n) is 4.82. The van der Waals surface area contributed by atoms with Crippen LogP contribution in [-0.2, 0) is 0 Å². The van der Waals surface area contributed by atoms with Crippen molar-refractivity contribution in [3.05, 3.63) is 34.9 Å². The molecule has 1 saturated carbocycles. The van der Waals surface area contributed by atoms with Crippen molar-refractivity contribution < 1.29 is 0 Å². The molecule has 2 N–H and O–H groups in total. The van der Waals surface area contributed by atoms with Crippen LogP contribution in [0.1, 0.15) is 51.5 Å². The van der Waals surface area contributed by atoms with Gasteiger partial charge in [0.05, 0.1) is 0 Å². The minimum atomic E-state index is 0.393. The maximum absolute atomic E-state index is 6.00. The van der Waals surface area contributed by atoms with Crippen molar-refractivity contribution in [1.29, 1.82) is 0 Å². The normalized spacial score (nSPS) is 28.4. The van der Waals surface area contributed by atoms with Gasteiger partial charge in [0.25, 0.3) is 0 Å². The van der Waals surface area contributed by atoms with Crippen LogP contribution in [0.5, 0.6) is 0 Å². The second-order valence-corrected chi connectivity index (χ2v) is 7.47. The monoisotopic (exact) mass is 279 g/mol. The molecule has 0 amide bonds. The van der Waals surface area contributed by atoms with Gasteiger partial charge in [0.1, 0.15) is 0 Å². The van der Waals surface area contributed by atoms with Crippen LogP contribution >= 0.6 is 11.6 Å². The van der Waals surface area contributed by atoms with Gasteiger partial charge in [0.2, 0.25) is 0 Å². The van der Waals surface area contributed by atoms with Gasteiger partial charge in [-0.3, -0.25) is 0 Å². The molecule has 3 atom stereocenters. The van der Waals surface area contributed by atoms with E-state index in [1.54, 1.807) is 0 Å². The smallest absolute Gasteiger partial charge is 0.0406 e. The Hall–Kier alpha value is -0.530. The minimum absolute atomic E-state index is 0.393. The van der Waals surface area contributed by atoms with Crippen LogP contribution in [0.3, 0.4) is 0 Å². The highest BCUT2D eigenvalue weighted by atomic mass is 35.5. The van der Waals surface area contributed by atoms with Crippen LogP contribution in [0, 0.1) is 17.3 Å². The number of nitrogens with two attached hydrogens (primary N) is 1. The number of rotatable bonds is 2. The Kier molecular flexibility index (Phi) is 4.58. The zero-order chi connectivity index (χ0) is 14.0. The highest BCUT2D eigenvalue weighted by molar-refractivity contribution is 6.30. The molecule has 0 heterocycles. The maximum Gasteiger partial charge on any atom is 0.0406 e. The van der Waals surface area contributed by atoms with Crippen LogP contribution in [0.2, 0.25) is 5.02 Å². The van der Waals surface area contributed by atoms with Gasteiger partial charge in [-0.2, -0.15) is 0 Å². The van der Waals surface area contributed by atoms with E-state index in [0.29, 0.717) is 17.3 Å². The van der Waals surface area contributed by atoms with E-state index in [0.717, 1.165) is 17.5 Å². The average molecular weight is 280 g/mol. The number of halogens is 1. The van der Waals surface area contributed by atoms with E-state index in [2.05, 4.69) is 32.9 Å². The quantitative estimate of drug-likeness (QED) is 0.823. The van der Waals surface area contributed by atoms with Gasteiger partial charge in [0, 0.05) is 5.02 Å². The molecular weight excluding hydrogens is 254 g/mol. The Balaban J connectivity index is 2.21. The molecule has 2 heteroatoms. The summed E-state index contributed by atoms with van der Waals surface area (Å²) in [6, 6.07) is 8.37. The molecule has 1 fully saturated rings. The van der Waals surface area contributed by atoms with E-state index in [1.165, 1.54) is 24.8 Å². The summed E-state index contributed by atoms with van der Waals surface area (Å²) >= 11 is 6.00. The SMILES string of the molecule is CC(C)(C)C1CCC(CN)C(c2ccc(Cl)cc2)C1. The zero-order valence-corrected chi connectivity index (χ0v) is 13.1. The Morgan fingerprint density at radius 3 is 2.32 bits per heavy atom. The van der Waals surface area contributed by atoms with Gasteiger partial charge in [-0.05, 0) is 66.7 Å². The van der Waals surface area contributed by atoms with Crippen LogP contribution < -0.4 is 5.73 Å². The van der Waals surface area contributed by atoms with Crippen LogP contribution in [0.4, 0.5) is 0 Å². The fraction of sp³-hybridized carbons (Fsp3) is 0.647. The Bertz CT molecular complexity index is 404. The highest BCUT2D eigenvalue weighted by Crippen LogP contribution is 2.46. The molecular formula is C17H26ClN. The van der Waals surface area contributed by atoms with Crippen molar-refractivity contribution in [1.82, 2.24) is 0 Å². The summed E-state index contributed by atoms with van der Waals surface area (Å²) in [5.74, 6) is 2.01. The van der Waals surface area contributed by atoms with E-state index >= 15 is 0 Å². The first-order chi connectivity index (χ1) is 8.91. The largest absolute Gasteiger partial charge is 0.330 e. The van der Waals surface area contributed by atoms with Crippen LogP contribution in [0.15, 0.2) is 24.3 Å². The second-order valence-electron chi connectivity index (χ2n) is 7.03. The first-order valence-corrected chi connectivity index (χ1v) is 7.75. The molecule has 0 aliphatic heterocycles. The summed E-state index contributed by atoms with van der Waals surface area (Å²) in [6.45, 7) is 7.88. The summed E-state index contributed by atoms with van der Waals surface area (Å²) in [5.41, 5.74) is 7.79. The van der Waals surface area contributed by atoms with Gasteiger partial charge in [-0.15, -0.1) is 0 Å². The zero-order valence-electron chi connectivity index (χ0n) is 12.3. The molecule has 3 unspecified atom stereocenters. The first-order valence-electron chi connectivity index (χ1n) is 7.37. The van der Waals surface area contributed by atoms with E-state index in [4.69, 9.17) is 17.3 Å². The molecule has 1 nitrogen and oxygen atoms in total. The molecule has 1 aliphatic carbocycles. The standard InChI is InChI=1S/C17H26ClN/c1-17(2,3)14-7-4-13(11-19)16(10-14)12-5-8-15(18)9-6-12/h5-6,8-9,13-14,16H,4,7,10-11,19H2,1-3H3. The lowest BCUT2D eigenvalue weighted by molar-refractivity contribution is 0.133. The summed E-state index contributed by atoms with van der Waals surface area (Å²) in [4.78, 5) is 0. The highest BCUT2D eigenvalue weighted by Gasteiger charge is 2.35. The molecule has 0 saturated heterocycles. The molecule has 1 aromatic rings. The number of hydrogen-bond acceptors (Lipinski definition) is 1. The van der Waals surface area contributed by atoms with E-state index in [-0.39, 0.29) is 0 Å². The number of hydrogen-bond donors (Lipinski definition) is 1. The van der Waals surface area contributed by atoms with Crippen molar-refractivity contribution in [2.45, 2.75) is 46.0 Å². The Morgan fingerprint density at radius 2 is 1.79 bits per heavy atom. The molecule has 1 aromatic carbocycles. The summed E-state index contributed by atoms with van der Waals surface area (Å²) in [5, 5.41) is 0.816. The average Bonchev–Trinajstić information content (AvgIpc) is 2.38. The molecule has 0 spiro atoms. The van der Waals surface area contributed by atoms with E-state index in [1.807, 2.05) is 12.1 Å². The van der Waals surface area contributed by atoms with Crippen molar-refractivity contribution in [2.75, 3.05) is 6.54 Å². The predicted octanol–water partition coefficient (Wildman–Crippen LogP) is 4.84. The van der Waals surface area contributed by atoms with Gasteiger partial charge in [-0.25, -0.2) is 0 Å². The van der Waals surface area contributed by atoms with Gasteiger partial charge < -0.3 is 5.73 Å². The van der Waals surface area contributed by atoms with Crippen molar-refractivity contribution in [2.24, 2.45) is 23.0 Å². The fourth-order valence-electron chi connectivity index (χ4n) is 3.42. The molecule has 1 aliphatic rings. The van der Waals surface area contributed by atoms with Crippen molar-refractivity contribution in [3.8, 4) is 0 Å². The third-order valence-corrected chi connectivity index (χ3v) is 5.07. The predicted molar refractivity (Wildman–Crippen MR) is 83.5 cm³/mol. The van der Waals surface area contributed by atoms with E-state index in [9.17, 15) is 0 Å². The third kappa shape index (κ3) is 3.52. The first kappa shape index (κ1) is 14.9. The van der Waals surface area contributed by atoms with Crippen LogP contribution in [-0.4, -0.2) is 6.54 Å². The van der Waals surface area contributed by atoms with Gasteiger partial charge in [0.15, 0.2) is 0 Å². The Labute approximate surface area is 122 Å². The van der Waals surface area contributed by atoms with Crippen LogP contribution in [0.25, 0.3) is 0 Å². The molecule has 0 aromatic heterocycles. The van der Waals surface area contributed by atoms with Crippen molar-refractivity contribution >= 4 is 11.6 Å². The Morgan fingerprint density at radius 1 is 1.16 bits per heavy atom. The molecule has 0 radical (unpaired) electrons. The maximum atomic E-state index is 6.00. The van der Waals surface area contributed by atoms with Gasteiger partial charge in [-0.1, -0.05) is 44.5 Å². The fourth-order valence-corrected chi connectivity index (χ4v) is 3.55. The molecule has 106 valence electrons. The lowest BCUT2D eigenvalue weighted by atomic mass is 9.64.